The van der Waals surface area contributed by atoms with Gasteiger partial charge in [0.1, 0.15) is 0 Å². The van der Waals surface area contributed by atoms with E-state index in [1.54, 1.807) is 37.4 Å². The van der Waals surface area contributed by atoms with E-state index in [4.69, 9.17) is 16.9 Å². The molecule has 0 spiro atoms. The maximum Gasteiger partial charge on any atom is 0.237 e. The molecular formula is C17H18ClN3O3S2. The summed E-state index contributed by atoms with van der Waals surface area (Å²) in [6, 6.07) is 12.1. The van der Waals surface area contributed by atoms with Gasteiger partial charge in [-0.3, -0.25) is 4.79 Å². The van der Waals surface area contributed by atoms with Gasteiger partial charge in [-0.1, -0.05) is 29.8 Å². The molecule has 138 valence electrons. The number of likely N-dealkylation sites (N-methyl/N-ethyl adjacent to an activating group) is 2. The first-order valence-electron chi connectivity index (χ1n) is 7.63. The lowest BCUT2D eigenvalue weighted by Crippen LogP contribution is -2.39. The van der Waals surface area contributed by atoms with E-state index in [0.29, 0.717) is 22.0 Å². The molecule has 0 saturated carbocycles. The SMILES string of the molecule is CN(Cc1ccc(Cl)s1)C(=O)CN(C)S(=O)(=O)Cc1ccccc1C#N. The summed E-state index contributed by atoms with van der Waals surface area (Å²) in [5, 5.41) is 9.09. The van der Waals surface area contributed by atoms with E-state index in [1.165, 1.54) is 23.3 Å². The van der Waals surface area contributed by atoms with Gasteiger partial charge in [0.25, 0.3) is 0 Å². The van der Waals surface area contributed by atoms with Gasteiger partial charge in [0, 0.05) is 19.0 Å². The molecule has 6 nitrogen and oxygen atoms in total. The van der Waals surface area contributed by atoms with Crippen LogP contribution in [0.1, 0.15) is 16.0 Å². The van der Waals surface area contributed by atoms with Crippen molar-refractivity contribution in [2.45, 2.75) is 12.3 Å². The lowest BCUT2D eigenvalue weighted by molar-refractivity contribution is -0.130. The first kappa shape index (κ1) is 20.4. The van der Waals surface area contributed by atoms with Gasteiger partial charge in [-0.15, -0.1) is 11.3 Å². The highest BCUT2D eigenvalue weighted by Crippen LogP contribution is 2.22. The van der Waals surface area contributed by atoms with Crippen LogP contribution in [0.2, 0.25) is 4.34 Å². The number of amides is 1. The minimum absolute atomic E-state index is 0.271. The molecule has 0 unspecified atom stereocenters. The zero-order valence-corrected chi connectivity index (χ0v) is 16.7. The Kier molecular flexibility index (Phi) is 6.78. The van der Waals surface area contributed by atoms with Gasteiger partial charge in [-0.05, 0) is 23.8 Å². The van der Waals surface area contributed by atoms with Gasteiger partial charge in [-0.2, -0.15) is 9.57 Å². The van der Waals surface area contributed by atoms with Crippen LogP contribution in [0.3, 0.4) is 0 Å². The Morgan fingerprint density at radius 3 is 2.54 bits per heavy atom. The van der Waals surface area contributed by atoms with E-state index in [1.807, 2.05) is 12.1 Å². The van der Waals surface area contributed by atoms with Crippen LogP contribution in [0.4, 0.5) is 0 Å². The third kappa shape index (κ3) is 5.29. The third-order valence-electron chi connectivity index (χ3n) is 3.76. The average Bonchev–Trinajstić information content (AvgIpc) is 2.99. The van der Waals surface area contributed by atoms with E-state index < -0.39 is 10.0 Å². The molecule has 0 bridgehead atoms. The molecule has 1 aromatic carbocycles. The molecule has 1 heterocycles. The van der Waals surface area contributed by atoms with Gasteiger partial charge < -0.3 is 4.90 Å². The Hall–Kier alpha value is -1.92. The number of nitriles is 1. The van der Waals surface area contributed by atoms with Crippen molar-refractivity contribution < 1.29 is 13.2 Å². The quantitative estimate of drug-likeness (QED) is 0.701. The van der Waals surface area contributed by atoms with Gasteiger partial charge in [0.05, 0.1) is 34.8 Å². The Morgan fingerprint density at radius 1 is 1.23 bits per heavy atom. The van der Waals surface area contributed by atoms with Crippen molar-refractivity contribution in [3.8, 4) is 6.07 Å². The van der Waals surface area contributed by atoms with Crippen LogP contribution in [0.25, 0.3) is 0 Å². The minimum atomic E-state index is -3.73. The Morgan fingerprint density at radius 2 is 1.92 bits per heavy atom. The third-order valence-corrected chi connectivity index (χ3v) is 6.73. The summed E-state index contributed by atoms with van der Waals surface area (Å²) < 4.78 is 26.7. The average molecular weight is 412 g/mol. The van der Waals surface area contributed by atoms with Crippen molar-refractivity contribution in [3.05, 3.63) is 56.7 Å². The van der Waals surface area contributed by atoms with Crippen molar-refractivity contribution >= 4 is 38.9 Å². The summed E-state index contributed by atoms with van der Waals surface area (Å²) in [6.45, 7) is 0.0913. The fourth-order valence-corrected chi connectivity index (χ4v) is 4.54. The van der Waals surface area contributed by atoms with Crippen LogP contribution in [-0.4, -0.2) is 44.2 Å². The molecule has 0 aliphatic carbocycles. The van der Waals surface area contributed by atoms with Gasteiger partial charge in [-0.25, -0.2) is 8.42 Å². The fourth-order valence-electron chi connectivity index (χ4n) is 2.23. The smallest absolute Gasteiger partial charge is 0.237 e. The second-order valence-electron chi connectivity index (χ2n) is 5.74. The van der Waals surface area contributed by atoms with Crippen molar-refractivity contribution in [1.82, 2.24) is 9.21 Å². The number of sulfonamides is 1. The number of rotatable bonds is 7. The standard InChI is InChI=1S/C17H18ClN3O3S2/c1-20(10-15-7-8-16(18)25-15)17(22)11-21(2)26(23,24)12-14-6-4-3-5-13(14)9-19/h3-8H,10-12H2,1-2H3. The molecule has 0 aliphatic rings. The number of carbonyl (C=O) groups is 1. The molecule has 0 radical (unpaired) electrons. The maximum atomic E-state index is 12.5. The summed E-state index contributed by atoms with van der Waals surface area (Å²) in [7, 11) is -0.755. The number of hydrogen-bond donors (Lipinski definition) is 0. The predicted molar refractivity (Wildman–Crippen MR) is 102 cm³/mol. The zero-order valence-electron chi connectivity index (χ0n) is 14.3. The Bertz CT molecular complexity index is 935. The van der Waals surface area contributed by atoms with Crippen LogP contribution in [0, 0.1) is 11.3 Å². The monoisotopic (exact) mass is 411 g/mol. The van der Waals surface area contributed by atoms with Crippen LogP contribution in [-0.2, 0) is 27.1 Å². The topological polar surface area (TPSA) is 81.5 Å². The van der Waals surface area contributed by atoms with E-state index >= 15 is 0 Å². The normalized spacial score (nSPS) is 11.3. The highest BCUT2D eigenvalue weighted by molar-refractivity contribution is 7.88. The molecule has 2 aromatic rings. The van der Waals surface area contributed by atoms with Crippen LogP contribution in [0.5, 0.6) is 0 Å². The maximum absolute atomic E-state index is 12.5. The highest BCUT2D eigenvalue weighted by atomic mass is 35.5. The Labute approximate surface area is 162 Å². The number of halogens is 1. The molecule has 0 N–H and O–H groups in total. The number of benzene rings is 1. The number of carbonyl (C=O) groups excluding carboxylic acids is 1. The van der Waals surface area contributed by atoms with E-state index in [9.17, 15) is 13.2 Å². The number of hydrogen-bond acceptors (Lipinski definition) is 5. The van der Waals surface area contributed by atoms with E-state index in [-0.39, 0.29) is 18.2 Å². The second-order valence-corrected chi connectivity index (χ2v) is 9.61. The van der Waals surface area contributed by atoms with Gasteiger partial charge in [0.2, 0.25) is 15.9 Å². The first-order valence-corrected chi connectivity index (χ1v) is 10.4. The lowest BCUT2D eigenvalue weighted by Gasteiger charge is -2.21. The molecular weight excluding hydrogens is 394 g/mol. The van der Waals surface area contributed by atoms with E-state index in [2.05, 4.69) is 0 Å². The van der Waals surface area contributed by atoms with Crippen LogP contribution >= 0.6 is 22.9 Å². The van der Waals surface area contributed by atoms with Crippen molar-refractivity contribution in [2.75, 3.05) is 20.6 Å². The molecule has 2 rings (SSSR count). The van der Waals surface area contributed by atoms with Gasteiger partial charge in [0.15, 0.2) is 0 Å². The van der Waals surface area contributed by atoms with Gasteiger partial charge >= 0.3 is 0 Å². The molecule has 26 heavy (non-hydrogen) atoms. The Balaban J connectivity index is 2.01. The summed E-state index contributed by atoms with van der Waals surface area (Å²) in [5.74, 6) is -0.653. The highest BCUT2D eigenvalue weighted by Gasteiger charge is 2.24. The van der Waals surface area contributed by atoms with Crippen molar-refractivity contribution in [1.29, 1.82) is 5.26 Å². The summed E-state index contributed by atoms with van der Waals surface area (Å²) >= 11 is 7.25. The second kappa shape index (κ2) is 8.64. The van der Waals surface area contributed by atoms with Crippen molar-refractivity contribution in [2.24, 2.45) is 0 Å². The summed E-state index contributed by atoms with van der Waals surface area (Å²) in [4.78, 5) is 14.7. The molecule has 1 amide bonds. The molecule has 0 atom stereocenters. The lowest BCUT2D eigenvalue weighted by atomic mass is 10.1. The fraction of sp³-hybridized carbons (Fsp3) is 0.294. The van der Waals surface area contributed by atoms with Crippen LogP contribution < -0.4 is 0 Å². The first-order chi connectivity index (χ1) is 12.2. The molecule has 0 aliphatic heterocycles. The van der Waals surface area contributed by atoms with Crippen molar-refractivity contribution in [3.63, 3.8) is 0 Å². The molecule has 0 fully saturated rings. The number of thiophene rings is 1. The minimum Gasteiger partial charge on any atom is -0.339 e. The molecule has 9 heteroatoms. The molecule has 1 aromatic heterocycles. The van der Waals surface area contributed by atoms with Crippen LogP contribution in [0.15, 0.2) is 36.4 Å². The summed E-state index contributed by atoms with van der Waals surface area (Å²) in [6.07, 6.45) is 0. The number of nitrogens with zero attached hydrogens (tertiary/aromatic N) is 3. The largest absolute Gasteiger partial charge is 0.339 e. The predicted octanol–water partition coefficient (Wildman–Crippen LogP) is 2.69. The molecule has 0 saturated heterocycles. The summed E-state index contributed by atoms with van der Waals surface area (Å²) in [5.41, 5.74) is 0.721. The van der Waals surface area contributed by atoms with E-state index in [0.717, 1.165) is 9.18 Å². The zero-order chi connectivity index (χ0) is 19.3.